The van der Waals surface area contributed by atoms with Gasteiger partial charge in [-0.2, -0.15) is 0 Å². The molecule has 0 aromatic heterocycles. The Kier molecular flexibility index (Phi) is 10.5. The summed E-state index contributed by atoms with van der Waals surface area (Å²) in [4.78, 5) is 24.7. The largest absolute Gasteiger partial charge is 0.383 e. The number of halogens is 1. The Hall–Kier alpha value is -0.850. The number of hydrogen-bond donors (Lipinski definition) is 2. The number of ether oxygens (including phenoxy) is 1. The zero-order chi connectivity index (χ0) is 13.2. The molecule has 2 N–H and O–H groups in total. The van der Waals surface area contributed by atoms with Gasteiger partial charge in [-0.05, 0) is 12.8 Å². The van der Waals surface area contributed by atoms with Gasteiger partial charge in [-0.25, -0.2) is 0 Å². The number of likely N-dealkylation sites (tertiary alicyclic amines) is 1. The number of nitrogens with one attached hydrogen (secondary N) is 2. The molecule has 0 saturated carbocycles. The van der Waals surface area contributed by atoms with Crippen LogP contribution >= 0.6 is 12.4 Å². The summed E-state index contributed by atoms with van der Waals surface area (Å²) in [7, 11) is 1.65. The van der Waals surface area contributed by atoms with Crippen LogP contribution in [0.15, 0.2) is 0 Å². The summed E-state index contributed by atoms with van der Waals surface area (Å²) in [6.45, 7) is 3.62. The topological polar surface area (TPSA) is 70.7 Å². The standard InChI is InChI=1S/C12H23N3O3.ClH/c1-18-9-7-13-5-6-14-11(16)10-15-8-3-2-4-12(15)17;/h13H,2-10H2,1H3,(H,14,16);1H. The van der Waals surface area contributed by atoms with E-state index in [1.165, 1.54) is 0 Å². The van der Waals surface area contributed by atoms with Gasteiger partial charge in [0.05, 0.1) is 13.2 Å². The summed E-state index contributed by atoms with van der Waals surface area (Å²) in [5.74, 6) is 0.00779. The van der Waals surface area contributed by atoms with E-state index in [1.54, 1.807) is 12.0 Å². The molecule has 7 heteroatoms. The summed E-state index contributed by atoms with van der Waals surface area (Å²) in [6, 6.07) is 0. The summed E-state index contributed by atoms with van der Waals surface area (Å²) in [5.41, 5.74) is 0. The van der Waals surface area contributed by atoms with E-state index in [1.807, 2.05) is 0 Å². The van der Waals surface area contributed by atoms with E-state index in [-0.39, 0.29) is 30.8 Å². The minimum Gasteiger partial charge on any atom is -0.383 e. The summed E-state index contributed by atoms with van der Waals surface area (Å²) in [6.07, 6.45) is 2.52. The molecule has 2 amide bonds. The van der Waals surface area contributed by atoms with Gasteiger partial charge in [0.1, 0.15) is 0 Å². The Morgan fingerprint density at radius 2 is 2.11 bits per heavy atom. The van der Waals surface area contributed by atoms with E-state index in [0.717, 1.165) is 19.4 Å². The number of nitrogens with zero attached hydrogens (tertiary/aromatic N) is 1. The Bertz CT molecular complexity index is 277. The highest BCUT2D eigenvalue weighted by molar-refractivity contribution is 5.85. The number of methoxy groups -OCH3 is 1. The first kappa shape index (κ1) is 18.1. The average Bonchev–Trinajstić information content (AvgIpc) is 2.36. The molecule has 0 atom stereocenters. The highest BCUT2D eigenvalue weighted by atomic mass is 35.5. The summed E-state index contributed by atoms with van der Waals surface area (Å²) >= 11 is 0. The van der Waals surface area contributed by atoms with Crippen LogP contribution in [0.5, 0.6) is 0 Å². The molecule has 112 valence electrons. The molecule has 6 nitrogen and oxygen atoms in total. The van der Waals surface area contributed by atoms with Crippen molar-refractivity contribution in [3.63, 3.8) is 0 Å². The number of carbonyl (C=O) groups is 2. The lowest BCUT2D eigenvalue weighted by Crippen LogP contribution is -2.44. The number of piperidine rings is 1. The molecule has 0 aromatic rings. The van der Waals surface area contributed by atoms with Gasteiger partial charge in [-0.3, -0.25) is 9.59 Å². The van der Waals surface area contributed by atoms with Crippen LogP contribution in [-0.2, 0) is 14.3 Å². The molecule has 0 unspecified atom stereocenters. The van der Waals surface area contributed by atoms with E-state index >= 15 is 0 Å². The first-order chi connectivity index (χ1) is 8.74. The zero-order valence-electron chi connectivity index (χ0n) is 11.4. The van der Waals surface area contributed by atoms with Crippen molar-refractivity contribution >= 4 is 24.2 Å². The van der Waals surface area contributed by atoms with Crippen LogP contribution in [0.2, 0.25) is 0 Å². The van der Waals surface area contributed by atoms with Crippen LogP contribution in [0, 0.1) is 0 Å². The van der Waals surface area contributed by atoms with Gasteiger partial charge in [0.15, 0.2) is 0 Å². The predicted molar refractivity (Wildman–Crippen MR) is 75.4 cm³/mol. The summed E-state index contributed by atoms with van der Waals surface area (Å²) < 4.78 is 4.89. The van der Waals surface area contributed by atoms with Gasteiger partial charge in [0, 0.05) is 39.7 Å². The smallest absolute Gasteiger partial charge is 0.239 e. The second-order valence-corrected chi connectivity index (χ2v) is 4.37. The predicted octanol–water partition coefficient (Wildman–Crippen LogP) is -0.227. The minimum absolute atomic E-state index is 0. The molecule has 1 rings (SSSR count). The summed E-state index contributed by atoms with van der Waals surface area (Å²) in [5, 5.41) is 5.93. The Balaban J connectivity index is 0.00000324. The van der Waals surface area contributed by atoms with E-state index < -0.39 is 0 Å². The maximum atomic E-state index is 11.6. The lowest BCUT2D eigenvalue weighted by Gasteiger charge is -2.25. The molecule has 1 aliphatic heterocycles. The van der Waals surface area contributed by atoms with Crippen LogP contribution in [0.1, 0.15) is 19.3 Å². The van der Waals surface area contributed by atoms with Gasteiger partial charge in [0.2, 0.25) is 11.8 Å². The molecule has 1 saturated heterocycles. The molecule has 0 aliphatic carbocycles. The lowest BCUT2D eigenvalue weighted by atomic mass is 10.1. The van der Waals surface area contributed by atoms with Crippen LogP contribution in [0.3, 0.4) is 0 Å². The van der Waals surface area contributed by atoms with Crippen molar-refractivity contribution < 1.29 is 14.3 Å². The van der Waals surface area contributed by atoms with Gasteiger partial charge < -0.3 is 20.3 Å². The van der Waals surface area contributed by atoms with Crippen molar-refractivity contribution in [3.05, 3.63) is 0 Å². The molecule has 1 fully saturated rings. The van der Waals surface area contributed by atoms with E-state index in [9.17, 15) is 9.59 Å². The second kappa shape index (κ2) is 11.0. The van der Waals surface area contributed by atoms with Crippen LogP contribution in [0.25, 0.3) is 0 Å². The van der Waals surface area contributed by atoms with Crippen molar-refractivity contribution in [1.29, 1.82) is 0 Å². The van der Waals surface area contributed by atoms with Gasteiger partial charge in [-0.15, -0.1) is 12.4 Å². The molecule has 1 aliphatic rings. The van der Waals surface area contributed by atoms with Crippen LogP contribution in [-0.4, -0.2) is 63.2 Å². The lowest BCUT2D eigenvalue weighted by molar-refractivity contribution is -0.137. The minimum atomic E-state index is -0.0845. The number of hydrogen-bond acceptors (Lipinski definition) is 4. The van der Waals surface area contributed by atoms with Crippen LogP contribution < -0.4 is 10.6 Å². The number of carbonyl (C=O) groups excluding carboxylic acids is 2. The highest BCUT2D eigenvalue weighted by Crippen LogP contribution is 2.09. The third-order valence-electron chi connectivity index (χ3n) is 2.86. The van der Waals surface area contributed by atoms with Gasteiger partial charge in [0.25, 0.3) is 0 Å². The van der Waals surface area contributed by atoms with Gasteiger partial charge in [-0.1, -0.05) is 0 Å². The van der Waals surface area contributed by atoms with Crippen molar-refractivity contribution in [2.24, 2.45) is 0 Å². The van der Waals surface area contributed by atoms with Crippen molar-refractivity contribution in [2.75, 3.05) is 46.4 Å². The molecule has 19 heavy (non-hydrogen) atoms. The molecule has 1 heterocycles. The molecule has 0 radical (unpaired) electrons. The third-order valence-corrected chi connectivity index (χ3v) is 2.86. The number of rotatable bonds is 8. The Labute approximate surface area is 120 Å². The van der Waals surface area contributed by atoms with Crippen molar-refractivity contribution in [1.82, 2.24) is 15.5 Å². The van der Waals surface area contributed by atoms with E-state index in [4.69, 9.17) is 4.74 Å². The normalized spacial score (nSPS) is 15.0. The van der Waals surface area contributed by atoms with E-state index in [0.29, 0.717) is 32.7 Å². The Morgan fingerprint density at radius 1 is 1.32 bits per heavy atom. The highest BCUT2D eigenvalue weighted by Gasteiger charge is 2.19. The van der Waals surface area contributed by atoms with Gasteiger partial charge >= 0.3 is 0 Å². The SMILES string of the molecule is COCCNCCNC(=O)CN1CCCCC1=O.Cl. The second-order valence-electron chi connectivity index (χ2n) is 4.37. The van der Waals surface area contributed by atoms with Crippen LogP contribution in [0.4, 0.5) is 0 Å². The first-order valence-electron chi connectivity index (χ1n) is 6.48. The van der Waals surface area contributed by atoms with Crippen molar-refractivity contribution in [3.8, 4) is 0 Å². The monoisotopic (exact) mass is 293 g/mol. The maximum Gasteiger partial charge on any atom is 0.239 e. The third kappa shape index (κ3) is 8.02. The molecule has 0 spiro atoms. The Morgan fingerprint density at radius 3 is 2.79 bits per heavy atom. The van der Waals surface area contributed by atoms with E-state index in [2.05, 4.69) is 10.6 Å². The zero-order valence-corrected chi connectivity index (χ0v) is 12.3. The fourth-order valence-electron chi connectivity index (χ4n) is 1.85. The molecular weight excluding hydrogens is 270 g/mol. The maximum absolute atomic E-state index is 11.6. The first-order valence-corrected chi connectivity index (χ1v) is 6.48. The molecular formula is C12H24ClN3O3. The fraction of sp³-hybridized carbons (Fsp3) is 0.833. The number of amides is 2. The molecule has 0 aromatic carbocycles. The quantitative estimate of drug-likeness (QED) is 0.607. The average molecular weight is 294 g/mol. The van der Waals surface area contributed by atoms with Crippen molar-refractivity contribution in [2.45, 2.75) is 19.3 Å². The molecule has 0 bridgehead atoms. The fourth-order valence-corrected chi connectivity index (χ4v) is 1.85.